The highest BCUT2D eigenvalue weighted by atomic mass is 16.4. The van der Waals surface area contributed by atoms with E-state index in [1.165, 1.54) is 6.20 Å². The van der Waals surface area contributed by atoms with Gasteiger partial charge in [-0.3, -0.25) is 9.89 Å². The number of aromatic carboxylic acids is 1. The zero-order chi connectivity index (χ0) is 17.4. The Morgan fingerprint density at radius 3 is 2.79 bits per heavy atom. The van der Waals surface area contributed by atoms with Crippen molar-refractivity contribution in [2.75, 3.05) is 5.32 Å². The van der Waals surface area contributed by atoms with Crippen molar-refractivity contribution in [2.24, 2.45) is 0 Å². The minimum absolute atomic E-state index is 0.0235. The Morgan fingerprint density at radius 1 is 1.46 bits per heavy atom. The summed E-state index contributed by atoms with van der Waals surface area (Å²) in [4.78, 5) is 23.7. The van der Waals surface area contributed by atoms with Gasteiger partial charge in [-0.25, -0.2) is 9.48 Å². The van der Waals surface area contributed by atoms with Gasteiger partial charge in [0, 0.05) is 23.5 Å². The van der Waals surface area contributed by atoms with Gasteiger partial charge in [-0.2, -0.15) is 10.2 Å². The molecule has 0 saturated heterocycles. The van der Waals surface area contributed by atoms with Gasteiger partial charge in [0.1, 0.15) is 11.5 Å². The lowest BCUT2D eigenvalue weighted by Gasteiger charge is -2.25. The molecule has 8 heteroatoms. The summed E-state index contributed by atoms with van der Waals surface area (Å²) in [5, 5.41) is 23.3. The van der Waals surface area contributed by atoms with Crippen LogP contribution in [0.5, 0.6) is 0 Å². The predicted molar refractivity (Wildman–Crippen MR) is 87.2 cm³/mol. The molecule has 128 valence electrons. The molecule has 2 aromatic rings. The van der Waals surface area contributed by atoms with Crippen LogP contribution in [-0.4, -0.2) is 37.0 Å². The maximum absolute atomic E-state index is 12.2. The maximum atomic E-state index is 12.2. The minimum Gasteiger partial charge on any atom is -0.477 e. The number of nitrogens with zero attached hydrogens (tertiary/aromatic N) is 3. The average molecular weight is 331 g/mol. The number of amides is 1. The minimum atomic E-state index is -1.08. The summed E-state index contributed by atoms with van der Waals surface area (Å²) >= 11 is 0. The van der Waals surface area contributed by atoms with Gasteiger partial charge in [0.25, 0.3) is 0 Å². The summed E-state index contributed by atoms with van der Waals surface area (Å²) in [5.74, 6) is -0.904. The van der Waals surface area contributed by atoms with Gasteiger partial charge in [-0.15, -0.1) is 0 Å². The summed E-state index contributed by atoms with van der Waals surface area (Å²) in [5.41, 5.74) is 2.23. The Hall–Kier alpha value is -2.64. The Balaban J connectivity index is 2.15. The van der Waals surface area contributed by atoms with Crippen molar-refractivity contribution in [1.82, 2.24) is 20.0 Å². The second-order valence-corrected chi connectivity index (χ2v) is 6.07. The molecule has 0 spiro atoms. The molecule has 0 aromatic carbocycles. The van der Waals surface area contributed by atoms with E-state index in [0.717, 1.165) is 24.1 Å². The number of aromatic amines is 1. The molecule has 0 saturated carbocycles. The SMILES string of the molecule is CCC(CC)n1nc(C)c2c1NC(=O)C[C@@H]2c1cn[nH]c1C(=O)O. The van der Waals surface area contributed by atoms with Gasteiger partial charge in [0.15, 0.2) is 0 Å². The van der Waals surface area contributed by atoms with Crippen molar-refractivity contribution in [2.45, 2.75) is 52.0 Å². The van der Waals surface area contributed by atoms with Crippen LogP contribution in [0.2, 0.25) is 0 Å². The van der Waals surface area contributed by atoms with E-state index >= 15 is 0 Å². The molecule has 0 aliphatic carbocycles. The Bertz CT molecular complexity index is 788. The summed E-state index contributed by atoms with van der Waals surface area (Å²) in [7, 11) is 0. The number of nitrogens with one attached hydrogen (secondary N) is 2. The van der Waals surface area contributed by atoms with Crippen LogP contribution in [0.3, 0.4) is 0 Å². The zero-order valence-corrected chi connectivity index (χ0v) is 14.0. The second kappa shape index (κ2) is 6.10. The van der Waals surface area contributed by atoms with Crippen molar-refractivity contribution in [3.63, 3.8) is 0 Å². The van der Waals surface area contributed by atoms with Crippen molar-refractivity contribution >= 4 is 17.7 Å². The normalized spacial score (nSPS) is 17.0. The number of aryl methyl sites for hydroxylation is 1. The van der Waals surface area contributed by atoms with E-state index in [0.29, 0.717) is 11.4 Å². The van der Waals surface area contributed by atoms with E-state index in [9.17, 15) is 14.7 Å². The molecule has 3 N–H and O–H groups in total. The van der Waals surface area contributed by atoms with Crippen LogP contribution in [0, 0.1) is 6.92 Å². The Labute approximate surface area is 139 Å². The number of anilines is 1. The number of hydrogen-bond donors (Lipinski definition) is 3. The molecule has 0 unspecified atom stereocenters. The third-order valence-electron chi connectivity index (χ3n) is 4.67. The molecular weight excluding hydrogens is 310 g/mol. The van der Waals surface area contributed by atoms with Crippen LogP contribution in [0.25, 0.3) is 0 Å². The average Bonchev–Trinajstić information content (AvgIpc) is 3.14. The molecule has 24 heavy (non-hydrogen) atoms. The summed E-state index contributed by atoms with van der Waals surface area (Å²) in [6.07, 6.45) is 3.47. The van der Waals surface area contributed by atoms with Crippen LogP contribution in [-0.2, 0) is 4.79 Å². The first-order valence-electron chi connectivity index (χ1n) is 8.13. The Kier molecular flexibility index (Phi) is 4.13. The van der Waals surface area contributed by atoms with Gasteiger partial charge in [-0.1, -0.05) is 13.8 Å². The molecule has 1 aliphatic heterocycles. The number of aromatic nitrogens is 4. The number of H-pyrrole nitrogens is 1. The fraction of sp³-hybridized carbons (Fsp3) is 0.500. The molecule has 0 bridgehead atoms. The van der Waals surface area contributed by atoms with Crippen molar-refractivity contribution in [1.29, 1.82) is 0 Å². The first-order chi connectivity index (χ1) is 11.5. The molecule has 3 heterocycles. The lowest BCUT2D eigenvalue weighted by Crippen LogP contribution is -2.26. The first-order valence-corrected chi connectivity index (χ1v) is 8.13. The third-order valence-corrected chi connectivity index (χ3v) is 4.67. The number of rotatable bonds is 5. The monoisotopic (exact) mass is 331 g/mol. The van der Waals surface area contributed by atoms with Gasteiger partial charge in [0.2, 0.25) is 5.91 Å². The fourth-order valence-corrected chi connectivity index (χ4v) is 3.47. The van der Waals surface area contributed by atoms with Gasteiger partial charge >= 0.3 is 5.97 Å². The molecule has 1 aliphatic rings. The number of carboxylic acid groups (broad SMARTS) is 1. The van der Waals surface area contributed by atoms with Crippen molar-refractivity contribution in [3.8, 4) is 0 Å². The van der Waals surface area contributed by atoms with E-state index < -0.39 is 5.97 Å². The smallest absolute Gasteiger partial charge is 0.354 e. The zero-order valence-electron chi connectivity index (χ0n) is 14.0. The van der Waals surface area contributed by atoms with E-state index in [2.05, 4.69) is 34.5 Å². The lowest BCUT2D eigenvalue weighted by molar-refractivity contribution is -0.116. The van der Waals surface area contributed by atoms with Crippen molar-refractivity contribution in [3.05, 3.63) is 28.7 Å². The highest BCUT2D eigenvalue weighted by Gasteiger charge is 2.36. The number of carbonyl (C=O) groups is 2. The summed E-state index contributed by atoms with van der Waals surface area (Å²) < 4.78 is 1.87. The van der Waals surface area contributed by atoms with Gasteiger partial charge < -0.3 is 10.4 Å². The van der Waals surface area contributed by atoms with Crippen LogP contribution in [0.1, 0.15) is 72.4 Å². The van der Waals surface area contributed by atoms with E-state index in [1.54, 1.807) is 0 Å². The summed E-state index contributed by atoms with van der Waals surface area (Å²) in [6.45, 7) is 6.05. The third kappa shape index (κ3) is 2.47. The number of carboxylic acids is 1. The van der Waals surface area contributed by atoms with Crippen LogP contribution in [0.4, 0.5) is 5.82 Å². The largest absolute Gasteiger partial charge is 0.477 e. The highest BCUT2D eigenvalue weighted by molar-refractivity contribution is 5.95. The maximum Gasteiger partial charge on any atom is 0.354 e. The molecule has 8 nitrogen and oxygen atoms in total. The standard InChI is InChI=1S/C16H21N5O3/c1-4-9(5-2)21-15-13(8(3)20-21)10(6-12(22)18-15)11-7-17-19-14(11)16(23)24/h7,9-10H,4-6H2,1-3H3,(H,17,19)(H,18,22)(H,23,24)/t10-/m1/s1. The van der Waals surface area contributed by atoms with Gasteiger partial charge in [-0.05, 0) is 19.8 Å². The number of fused-ring (bicyclic) bond motifs is 1. The summed E-state index contributed by atoms with van der Waals surface area (Å²) in [6, 6.07) is 0.190. The molecular formula is C16H21N5O3. The topological polar surface area (TPSA) is 113 Å². The lowest BCUT2D eigenvalue weighted by atomic mass is 9.86. The predicted octanol–water partition coefficient (Wildman–Crippen LogP) is 2.45. The fourth-order valence-electron chi connectivity index (χ4n) is 3.47. The highest BCUT2D eigenvalue weighted by Crippen LogP contribution is 2.41. The van der Waals surface area contributed by atoms with E-state index in [1.807, 2.05) is 11.6 Å². The van der Waals surface area contributed by atoms with Crippen LogP contribution < -0.4 is 5.32 Å². The molecule has 3 rings (SSSR count). The van der Waals surface area contributed by atoms with Crippen LogP contribution in [0.15, 0.2) is 6.20 Å². The van der Waals surface area contributed by atoms with Gasteiger partial charge in [0.05, 0.1) is 17.9 Å². The first kappa shape index (κ1) is 16.2. The Morgan fingerprint density at radius 2 is 2.17 bits per heavy atom. The molecule has 1 amide bonds. The van der Waals surface area contributed by atoms with Crippen LogP contribution >= 0.6 is 0 Å². The quantitative estimate of drug-likeness (QED) is 0.779. The second-order valence-electron chi connectivity index (χ2n) is 6.07. The molecule has 2 aromatic heterocycles. The number of carbonyl (C=O) groups excluding carboxylic acids is 1. The molecule has 0 radical (unpaired) electrons. The van der Waals surface area contributed by atoms with E-state index in [4.69, 9.17) is 0 Å². The number of hydrogen-bond acceptors (Lipinski definition) is 4. The molecule has 1 atom stereocenters. The van der Waals surface area contributed by atoms with E-state index in [-0.39, 0.29) is 30.0 Å². The van der Waals surface area contributed by atoms with Crippen molar-refractivity contribution < 1.29 is 14.7 Å². The molecule has 0 fully saturated rings.